The van der Waals surface area contributed by atoms with Gasteiger partial charge in [-0.25, -0.2) is 4.79 Å². The van der Waals surface area contributed by atoms with Gasteiger partial charge >= 0.3 is 5.97 Å². The van der Waals surface area contributed by atoms with Crippen molar-refractivity contribution in [2.24, 2.45) is 7.05 Å². The number of rotatable bonds is 9. The summed E-state index contributed by atoms with van der Waals surface area (Å²) in [7, 11) is 1.86. The molecule has 36 heavy (non-hydrogen) atoms. The Morgan fingerprint density at radius 3 is 2.67 bits per heavy atom. The highest BCUT2D eigenvalue weighted by Gasteiger charge is 2.28. The minimum atomic E-state index is -0.368. The Morgan fingerprint density at radius 1 is 1.17 bits per heavy atom. The molecule has 0 saturated heterocycles. The van der Waals surface area contributed by atoms with Crippen LogP contribution in [0.5, 0.6) is 5.75 Å². The number of amides is 1. The molecule has 8 nitrogen and oxygen atoms in total. The quantitative estimate of drug-likeness (QED) is 0.289. The van der Waals surface area contributed by atoms with E-state index in [1.807, 2.05) is 63.6 Å². The maximum absolute atomic E-state index is 12.9. The number of ether oxygens (including phenoxy) is 2. The van der Waals surface area contributed by atoms with Crippen molar-refractivity contribution in [1.29, 1.82) is 0 Å². The highest BCUT2D eigenvalue weighted by atomic mass is 32.2. The number of thioether (sulfide) groups is 1. The second-order valence-electron chi connectivity index (χ2n) is 9.13. The standard InChI is InChI=1S/C26H32N4O4S2/c1-15(2)33-25(32)22-18-11-7-9-13-20(18)36-24(22)27-21(31)14-35-26-29-28-23(30(26)5)17(4)34-19-12-8-6-10-16(19)3/h6,8,10,12,15,17H,7,9,11,13-14H2,1-5H3,(H,27,31). The Hall–Kier alpha value is -2.85. The highest BCUT2D eigenvalue weighted by Crippen LogP contribution is 2.39. The largest absolute Gasteiger partial charge is 0.482 e. The Morgan fingerprint density at radius 2 is 1.92 bits per heavy atom. The van der Waals surface area contributed by atoms with E-state index in [9.17, 15) is 9.59 Å². The number of carbonyl (C=O) groups excluding carboxylic acids is 2. The summed E-state index contributed by atoms with van der Waals surface area (Å²) in [6, 6.07) is 7.83. The van der Waals surface area contributed by atoms with Gasteiger partial charge in [0, 0.05) is 11.9 Å². The van der Waals surface area contributed by atoms with Crippen molar-refractivity contribution in [3.8, 4) is 5.75 Å². The monoisotopic (exact) mass is 528 g/mol. The highest BCUT2D eigenvalue weighted by molar-refractivity contribution is 7.99. The molecule has 2 heterocycles. The number of esters is 1. The summed E-state index contributed by atoms with van der Waals surface area (Å²) in [6.45, 7) is 7.58. The van der Waals surface area contributed by atoms with Crippen LogP contribution in [0.4, 0.5) is 5.00 Å². The summed E-state index contributed by atoms with van der Waals surface area (Å²) < 4.78 is 13.4. The van der Waals surface area contributed by atoms with E-state index in [-0.39, 0.29) is 29.8 Å². The second-order valence-corrected chi connectivity index (χ2v) is 11.2. The van der Waals surface area contributed by atoms with Crippen LogP contribution in [0.1, 0.15) is 71.9 Å². The minimum absolute atomic E-state index is 0.139. The Balaban J connectivity index is 1.42. The van der Waals surface area contributed by atoms with Crippen molar-refractivity contribution in [1.82, 2.24) is 14.8 Å². The van der Waals surface area contributed by atoms with E-state index in [1.54, 1.807) is 0 Å². The number of aryl methyl sites for hydroxylation is 2. The molecule has 2 aromatic heterocycles. The van der Waals surface area contributed by atoms with Gasteiger partial charge in [0.05, 0.1) is 17.4 Å². The molecular weight excluding hydrogens is 496 g/mol. The molecule has 1 amide bonds. The fourth-order valence-electron chi connectivity index (χ4n) is 4.17. The molecule has 1 N–H and O–H groups in total. The van der Waals surface area contributed by atoms with Gasteiger partial charge in [-0.3, -0.25) is 4.79 Å². The zero-order valence-electron chi connectivity index (χ0n) is 21.3. The summed E-state index contributed by atoms with van der Waals surface area (Å²) in [4.78, 5) is 26.9. The minimum Gasteiger partial charge on any atom is -0.482 e. The van der Waals surface area contributed by atoms with E-state index in [1.165, 1.54) is 28.0 Å². The van der Waals surface area contributed by atoms with Gasteiger partial charge in [0.1, 0.15) is 10.8 Å². The van der Waals surface area contributed by atoms with Crippen LogP contribution >= 0.6 is 23.1 Å². The molecule has 10 heteroatoms. The number of hydrogen-bond donors (Lipinski definition) is 1. The van der Waals surface area contributed by atoms with Crippen LogP contribution in [0.15, 0.2) is 29.4 Å². The predicted molar refractivity (Wildman–Crippen MR) is 142 cm³/mol. The number of aromatic nitrogens is 3. The zero-order chi connectivity index (χ0) is 25.8. The van der Waals surface area contributed by atoms with E-state index in [4.69, 9.17) is 9.47 Å². The van der Waals surface area contributed by atoms with E-state index >= 15 is 0 Å². The zero-order valence-corrected chi connectivity index (χ0v) is 22.9. The Kier molecular flexibility index (Phi) is 8.35. The summed E-state index contributed by atoms with van der Waals surface area (Å²) in [5, 5.41) is 12.7. The summed E-state index contributed by atoms with van der Waals surface area (Å²) in [6.07, 6.45) is 3.36. The van der Waals surface area contributed by atoms with Crippen LogP contribution in [-0.4, -0.2) is 38.5 Å². The number of para-hydroxylation sites is 1. The fraction of sp³-hybridized carbons (Fsp3) is 0.462. The molecule has 1 aromatic carbocycles. The third-order valence-corrected chi connectivity index (χ3v) is 8.16. The first kappa shape index (κ1) is 26.2. The number of carbonyl (C=O) groups is 2. The molecule has 0 aliphatic heterocycles. The van der Waals surface area contributed by atoms with Crippen LogP contribution in [-0.2, 0) is 29.4 Å². The van der Waals surface area contributed by atoms with Crippen LogP contribution in [0.25, 0.3) is 0 Å². The fourth-order valence-corrected chi connectivity index (χ4v) is 6.19. The number of thiophene rings is 1. The maximum atomic E-state index is 12.9. The summed E-state index contributed by atoms with van der Waals surface area (Å²) in [5.74, 6) is 1.04. The van der Waals surface area contributed by atoms with Gasteiger partial charge in [0.25, 0.3) is 0 Å². The lowest BCUT2D eigenvalue weighted by molar-refractivity contribution is -0.113. The smallest absolute Gasteiger partial charge is 0.341 e. The third kappa shape index (κ3) is 5.92. The molecule has 1 aliphatic carbocycles. The predicted octanol–water partition coefficient (Wildman–Crippen LogP) is 5.50. The summed E-state index contributed by atoms with van der Waals surface area (Å²) >= 11 is 2.78. The summed E-state index contributed by atoms with van der Waals surface area (Å²) in [5.41, 5.74) is 2.59. The number of nitrogens with one attached hydrogen (secondary N) is 1. The number of anilines is 1. The number of fused-ring (bicyclic) bond motifs is 1. The molecule has 1 unspecified atom stereocenters. The van der Waals surface area contributed by atoms with Gasteiger partial charge in [-0.1, -0.05) is 30.0 Å². The number of benzene rings is 1. The number of nitrogens with zero attached hydrogens (tertiary/aromatic N) is 3. The first-order valence-corrected chi connectivity index (χ1v) is 13.9. The van der Waals surface area contributed by atoms with Crippen molar-refractivity contribution in [2.45, 2.75) is 70.7 Å². The second kappa shape index (κ2) is 11.5. The SMILES string of the molecule is Cc1ccccc1OC(C)c1nnc(SCC(=O)Nc2sc3c(c2C(=O)OC(C)C)CCCC3)n1C. The van der Waals surface area contributed by atoms with E-state index < -0.39 is 0 Å². The molecule has 192 valence electrons. The van der Waals surface area contributed by atoms with Crippen molar-refractivity contribution >= 4 is 40.0 Å². The average Bonchev–Trinajstić information content (AvgIpc) is 3.38. The molecule has 0 radical (unpaired) electrons. The van der Waals surface area contributed by atoms with Crippen molar-refractivity contribution in [2.75, 3.05) is 11.1 Å². The van der Waals surface area contributed by atoms with E-state index in [0.29, 0.717) is 21.5 Å². The molecule has 0 spiro atoms. The molecule has 0 bridgehead atoms. The maximum Gasteiger partial charge on any atom is 0.341 e. The number of hydrogen-bond acceptors (Lipinski definition) is 8. The van der Waals surface area contributed by atoms with E-state index in [0.717, 1.165) is 42.6 Å². The van der Waals surface area contributed by atoms with Crippen LogP contribution < -0.4 is 10.1 Å². The molecule has 0 fully saturated rings. The lowest BCUT2D eigenvalue weighted by Crippen LogP contribution is -2.19. The topological polar surface area (TPSA) is 95.3 Å². The van der Waals surface area contributed by atoms with Crippen molar-refractivity contribution in [3.05, 3.63) is 51.7 Å². The lowest BCUT2D eigenvalue weighted by atomic mass is 9.95. The third-order valence-electron chi connectivity index (χ3n) is 5.93. The molecule has 3 aromatic rings. The van der Waals surface area contributed by atoms with Gasteiger partial charge in [-0.05, 0) is 70.6 Å². The van der Waals surface area contributed by atoms with Crippen LogP contribution in [0, 0.1) is 6.92 Å². The van der Waals surface area contributed by atoms with Gasteiger partial charge in [-0.15, -0.1) is 21.5 Å². The van der Waals surface area contributed by atoms with E-state index in [2.05, 4.69) is 15.5 Å². The van der Waals surface area contributed by atoms with Crippen LogP contribution in [0.3, 0.4) is 0 Å². The molecule has 1 aliphatic rings. The normalized spacial score (nSPS) is 13.8. The van der Waals surface area contributed by atoms with Gasteiger partial charge in [0.15, 0.2) is 17.1 Å². The van der Waals surface area contributed by atoms with Gasteiger partial charge < -0.3 is 19.4 Å². The Labute approximate surface area is 219 Å². The first-order chi connectivity index (χ1) is 17.2. The molecule has 0 saturated carbocycles. The van der Waals surface area contributed by atoms with Crippen LogP contribution in [0.2, 0.25) is 0 Å². The van der Waals surface area contributed by atoms with Crippen molar-refractivity contribution in [3.63, 3.8) is 0 Å². The molecule has 1 atom stereocenters. The molecular formula is C26H32N4O4S2. The van der Waals surface area contributed by atoms with Gasteiger partial charge in [0.2, 0.25) is 5.91 Å². The molecule has 4 rings (SSSR count). The van der Waals surface area contributed by atoms with Gasteiger partial charge in [-0.2, -0.15) is 0 Å². The lowest BCUT2D eigenvalue weighted by Gasteiger charge is -2.15. The first-order valence-electron chi connectivity index (χ1n) is 12.1. The Bertz CT molecular complexity index is 1250. The van der Waals surface area contributed by atoms with Crippen molar-refractivity contribution < 1.29 is 19.1 Å². The average molecular weight is 529 g/mol.